The highest BCUT2D eigenvalue weighted by atomic mass is 32.2. The summed E-state index contributed by atoms with van der Waals surface area (Å²) in [6, 6.07) is 0. The molecule has 90 valence electrons. The first-order valence-electron chi connectivity index (χ1n) is 5.24. The van der Waals surface area contributed by atoms with Crippen molar-refractivity contribution in [1.29, 1.82) is 0 Å². The molecule has 0 amide bonds. The van der Waals surface area contributed by atoms with E-state index in [0.29, 0.717) is 25.3 Å². The third-order valence-electron chi connectivity index (χ3n) is 2.76. The zero-order chi connectivity index (χ0) is 11.9. The van der Waals surface area contributed by atoms with Gasteiger partial charge in [0.25, 0.3) is 0 Å². The molecule has 0 aliphatic carbocycles. The van der Waals surface area contributed by atoms with E-state index in [1.54, 1.807) is 11.5 Å². The van der Waals surface area contributed by atoms with E-state index in [2.05, 4.69) is 4.98 Å². The standard InChI is InChI=1S/C9H15N3O3S/c1-3-12-8-6-11(13)5-7(8)10-9(12)16(14,15)4-2/h13H,3-6H2,1-2H3. The summed E-state index contributed by atoms with van der Waals surface area (Å²) in [6.07, 6.45) is 0. The number of rotatable bonds is 3. The second kappa shape index (κ2) is 3.83. The van der Waals surface area contributed by atoms with Gasteiger partial charge < -0.3 is 9.77 Å². The smallest absolute Gasteiger partial charge is 0.228 e. The van der Waals surface area contributed by atoms with Crippen molar-refractivity contribution in [3.8, 4) is 0 Å². The first-order chi connectivity index (χ1) is 7.49. The van der Waals surface area contributed by atoms with E-state index >= 15 is 0 Å². The monoisotopic (exact) mass is 245 g/mol. The summed E-state index contributed by atoms with van der Waals surface area (Å²) in [4.78, 5) is 4.13. The van der Waals surface area contributed by atoms with E-state index in [4.69, 9.17) is 0 Å². The third-order valence-corrected chi connectivity index (χ3v) is 4.39. The highest BCUT2D eigenvalue weighted by Gasteiger charge is 2.29. The summed E-state index contributed by atoms with van der Waals surface area (Å²) < 4.78 is 25.3. The van der Waals surface area contributed by atoms with Crippen LogP contribution in [0.15, 0.2) is 5.16 Å². The number of nitrogens with zero attached hydrogens (tertiary/aromatic N) is 3. The highest BCUT2D eigenvalue weighted by Crippen LogP contribution is 2.24. The minimum absolute atomic E-state index is 0.0474. The van der Waals surface area contributed by atoms with Gasteiger partial charge in [-0.25, -0.2) is 13.4 Å². The fraction of sp³-hybridized carbons (Fsp3) is 0.667. The molecule has 0 saturated carbocycles. The van der Waals surface area contributed by atoms with Gasteiger partial charge in [0.2, 0.25) is 15.0 Å². The zero-order valence-corrected chi connectivity index (χ0v) is 10.2. The number of hydrogen-bond donors (Lipinski definition) is 1. The molecule has 1 aliphatic heterocycles. The summed E-state index contributed by atoms with van der Waals surface area (Å²) in [5, 5.41) is 10.6. The molecule has 0 atom stereocenters. The Balaban J connectivity index is 2.55. The maximum Gasteiger partial charge on any atom is 0.228 e. The maximum absolute atomic E-state index is 11.8. The van der Waals surface area contributed by atoms with Crippen LogP contribution in [0.4, 0.5) is 0 Å². The van der Waals surface area contributed by atoms with Crippen LogP contribution in [0.25, 0.3) is 0 Å². The Morgan fingerprint density at radius 2 is 2.06 bits per heavy atom. The Morgan fingerprint density at radius 3 is 2.62 bits per heavy atom. The van der Waals surface area contributed by atoms with Crippen LogP contribution < -0.4 is 0 Å². The van der Waals surface area contributed by atoms with Crippen LogP contribution in [-0.2, 0) is 29.5 Å². The SMILES string of the molecule is CCn1c(S(=O)(=O)CC)nc2c1CN(O)C2. The van der Waals surface area contributed by atoms with Crippen molar-refractivity contribution >= 4 is 9.84 Å². The van der Waals surface area contributed by atoms with Crippen LogP contribution in [0.1, 0.15) is 25.2 Å². The summed E-state index contributed by atoms with van der Waals surface area (Å²) in [5.74, 6) is 0.0474. The van der Waals surface area contributed by atoms with Gasteiger partial charge in [-0.15, -0.1) is 0 Å². The average molecular weight is 245 g/mol. The molecule has 1 N–H and O–H groups in total. The van der Waals surface area contributed by atoms with Crippen molar-refractivity contribution in [3.05, 3.63) is 11.4 Å². The fourth-order valence-corrected chi connectivity index (χ4v) is 2.99. The zero-order valence-electron chi connectivity index (χ0n) is 9.34. The Labute approximate surface area is 94.4 Å². The number of fused-ring (bicyclic) bond motifs is 1. The average Bonchev–Trinajstić information content (AvgIpc) is 2.73. The van der Waals surface area contributed by atoms with Gasteiger partial charge in [0.1, 0.15) is 0 Å². The lowest BCUT2D eigenvalue weighted by Crippen LogP contribution is -2.17. The summed E-state index contributed by atoms with van der Waals surface area (Å²) in [5.41, 5.74) is 1.47. The summed E-state index contributed by atoms with van der Waals surface area (Å²) in [6.45, 7) is 4.67. The molecule has 1 aromatic rings. The van der Waals surface area contributed by atoms with Crippen LogP contribution in [-0.4, -0.2) is 34.0 Å². The second-order valence-corrected chi connectivity index (χ2v) is 5.93. The lowest BCUT2D eigenvalue weighted by atomic mass is 10.4. The normalized spacial score (nSPS) is 16.7. The van der Waals surface area contributed by atoms with Crippen LogP contribution in [0.5, 0.6) is 0 Å². The van der Waals surface area contributed by atoms with Crippen molar-refractivity contribution in [2.45, 2.75) is 38.6 Å². The Morgan fingerprint density at radius 1 is 1.38 bits per heavy atom. The second-order valence-electron chi connectivity index (χ2n) is 3.76. The lowest BCUT2D eigenvalue weighted by Gasteiger charge is -2.09. The van der Waals surface area contributed by atoms with Gasteiger partial charge >= 0.3 is 0 Å². The van der Waals surface area contributed by atoms with Crippen molar-refractivity contribution in [3.63, 3.8) is 0 Å². The van der Waals surface area contributed by atoms with E-state index < -0.39 is 9.84 Å². The molecular formula is C9H15N3O3S. The number of sulfone groups is 1. The van der Waals surface area contributed by atoms with Gasteiger partial charge in [-0.05, 0) is 6.92 Å². The molecule has 2 rings (SSSR count). The van der Waals surface area contributed by atoms with Gasteiger partial charge in [0.15, 0.2) is 0 Å². The molecule has 0 bridgehead atoms. The Kier molecular flexibility index (Phi) is 2.77. The topological polar surface area (TPSA) is 75.4 Å². The lowest BCUT2D eigenvalue weighted by molar-refractivity contribution is -0.0988. The first kappa shape index (κ1) is 11.6. The summed E-state index contributed by atoms with van der Waals surface area (Å²) in [7, 11) is -3.28. The van der Waals surface area contributed by atoms with Crippen molar-refractivity contribution in [1.82, 2.24) is 14.6 Å². The van der Waals surface area contributed by atoms with Crippen molar-refractivity contribution in [2.24, 2.45) is 0 Å². The first-order valence-corrected chi connectivity index (χ1v) is 6.89. The van der Waals surface area contributed by atoms with Crippen LogP contribution in [0, 0.1) is 0 Å². The molecule has 0 saturated heterocycles. The maximum atomic E-state index is 11.8. The molecule has 16 heavy (non-hydrogen) atoms. The third kappa shape index (κ3) is 1.64. The molecule has 1 aromatic heterocycles. The van der Waals surface area contributed by atoms with Crippen LogP contribution in [0.3, 0.4) is 0 Å². The van der Waals surface area contributed by atoms with Gasteiger partial charge in [0.05, 0.1) is 30.2 Å². The Bertz CT molecular complexity index is 506. The quantitative estimate of drug-likeness (QED) is 0.834. The van der Waals surface area contributed by atoms with Gasteiger partial charge in [-0.2, -0.15) is 5.06 Å². The highest BCUT2D eigenvalue weighted by molar-refractivity contribution is 7.91. The van der Waals surface area contributed by atoms with E-state index in [0.717, 1.165) is 10.8 Å². The Hall–Kier alpha value is -0.920. The largest absolute Gasteiger partial charge is 0.318 e. The van der Waals surface area contributed by atoms with E-state index in [-0.39, 0.29) is 10.9 Å². The number of aromatic nitrogens is 2. The molecule has 1 aliphatic rings. The van der Waals surface area contributed by atoms with Gasteiger partial charge in [-0.3, -0.25) is 0 Å². The van der Waals surface area contributed by atoms with E-state index in [1.165, 1.54) is 0 Å². The molecule has 0 unspecified atom stereocenters. The molecule has 0 radical (unpaired) electrons. The molecule has 2 heterocycles. The molecule has 7 heteroatoms. The predicted molar refractivity (Wildman–Crippen MR) is 56.7 cm³/mol. The van der Waals surface area contributed by atoms with Crippen LogP contribution in [0.2, 0.25) is 0 Å². The van der Waals surface area contributed by atoms with E-state index in [1.807, 2.05) is 6.92 Å². The van der Waals surface area contributed by atoms with Gasteiger partial charge in [0, 0.05) is 6.54 Å². The molecule has 0 spiro atoms. The summed E-state index contributed by atoms with van der Waals surface area (Å²) >= 11 is 0. The number of imidazole rings is 1. The molecule has 0 fully saturated rings. The van der Waals surface area contributed by atoms with Crippen molar-refractivity contribution < 1.29 is 13.6 Å². The minimum Gasteiger partial charge on any atom is -0.318 e. The van der Waals surface area contributed by atoms with Crippen LogP contribution >= 0.6 is 0 Å². The number of hydrogen-bond acceptors (Lipinski definition) is 5. The predicted octanol–water partition coefficient (Wildman–Crippen LogP) is 0.401. The minimum atomic E-state index is -3.28. The fourth-order valence-electron chi connectivity index (χ4n) is 1.91. The molecule has 6 nitrogen and oxygen atoms in total. The van der Waals surface area contributed by atoms with E-state index in [9.17, 15) is 13.6 Å². The number of hydroxylamine groups is 2. The van der Waals surface area contributed by atoms with Crippen molar-refractivity contribution in [2.75, 3.05) is 5.75 Å². The van der Waals surface area contributed by atoms with Gasteiger partial charge in [-0.1, -0.05) is 6.92 Å². The molecular weight excluding hydrogens is 230 g/mol. The molecule has 0 aromatic carbocycles.